The summed E-state index contributed by atoms with van der Waals surface area (Å²) >= 11 is 0. The number of hydrogen-bond donors (Lipinski definition) is 1. The van der Waals surface area contributed by atoms with E-state index in [2.05, 4.69) is 41.5 Å². The topological polar surface area (TPSA) is 71.5 Å². The smallest absolute Gasteiger partial charge is 0.261 e. The summed E-state index contributed by atoms with van der Waals surface area (Å²) in [4.78, 5) is 32.6. The van der Waals surface area contributed by atoms with Crippen molar-refractivity contribution in [1.29, 1.82) is 0 Å². The van der Waals surface area contributed by atoms with Gasteiger partial charge in [0.25, 0.3) is 11.8 Å². The minimum atomic E-state index is -0.695. The largest absolute Gasteiger partial charge is 0.481 e. The number of benzene rings is 3. The Bertz CT molecular complexity index is 1420. The number of pyridine rings is 1. The van der Waals surface area contributed by atoms with Crippen molar-refractivity contribution < 1.29 is 14.3 Å². The molecule has 0 radical (unpaired) electrons. The van der Waals surface area contributed by atoms with E-state index >= 15 is 0 Å². The average Bonchev–Trinajstić information content (AvgIpc) is 2.95. The molecule has 1 N–H and O–H groups in total. The predicted octanol–water partition coefficient (Wildman–Crippen LogP) is 5.26. The first-order valence-electron chi connectivity index (χ1n) is 12.9. The third-order valence-corrected chi connectivity index (χ3v) is 6.84. The first-order valence-corrected chi connectivity index (χ1v) is 12.9. The highest BCUT2D eigenvalue weighted by Gasteiger charge is 2.33. The molecule has 1 aliphatic rings. The van der Waals surface area contributed by atoms with Gasteiger partial charge in [0.15, 0.2) is 6.10 Å². The van der Waals surface area contributed by atoms with Gasteiger partial charge < -0.3 is 15.0 Å². The summed E-state index contributed by atoms with van der Waals surface area (Å²) in [5.41, 5.74) is 5.82. The zero-order chi connectivity index (χ0) is 26.5. The second-order valence-electron chi connectivity index (χ2n) is 9.59. The maximum Gasteiger partial charge on any atom is 0.261 e. The molecule has 6 heteroatoms. The number of rotatable bonds is 7. The van der Waals surface area contributed by atoms with E-state index in [-0.39, 0.29) is 17.9 Å². The van der Waals surface area contributed by atoms with Crippen LogP contribution in [0.4, 0.5) is 0 Å². The molecule has 1 aliphatic heterocycles. The van der Waals surface area contributed by atoms with E-state index < -0.39 is 6.10 Å². The number of nitrogens with zero attached hydrogens (tertiary/aromatic N) is 2. The van der Waals surface area contributed by atoms with E-state index in [1.54, 1.807) is 13.1 Å². The summed E-state index contributed by atoms with van der Waals surface area (Å²) < 4.78 is 6.08. The average molecular weight is 506 g/mol. The number of nitrogens with one attached hydrogen (secondary N) is 1. The molecule has 2 amide bonds. The monoisotopic (exact) mass is 505 g/mol. The van der Waals surface area contributed by atoms with Crippen LogP contribution in [0.2, 0.25) is 0 Å². The second kappa shape index (κ2) is 11.3. The molecule has 4 aromatic rings. The van der Waals surface area contributed by atoms with Gasteiger partial charge in [-0.2, -0.15) is 0 Å². The van der Waals surface area contributed by atoms with Gasteiger partial charge in [0.1, 0.15) is 5.75 Å². The molecule has 3 aromatic carbocycles. The summed E-state index contributed by atoms with van der Waals surface area (Å²) in [6, 6.07) is 29.0. The van der Waals surface area contributed by atoms with Crippen LogP contribution in [0, 0.1) is 6.92 Å². The Morgan fingerprint density at radius 3 is 2.58 bits per heavy atom. The molecule has 5 rings (SSSR count). The van der Waals surface area contributed by atoms with Gasteiger partial charge in [-0.3, -0.25) is 14.6 Å². The Hall–Kier alpha value is -4.45. The lowest BCUT2D eigenvalue weighted by molar-refractivity contribution is -0.127. The predicted molar refractivity (Wildman–Crippen MR) is 147 cm³/mol. The minimum absolute atomic E-state index is 0.00338. The first kappa shape index (κ1) is 25.2. The van der Waals surface area contributed by atoms with Gasteiger partial charge in [0, 0.05) is 18.3 Å². The van der Waals surface area contributed by atoms with Crippen molar-refractivity contribution in [3.8, 4) is 5.75 Å². The van der Waals surface area contributed by atoms with Gasteiger partial charge in [0.2, 0.25) is 0 Å². The zero-order valence-electron chi connectivity index (χ0n) is 21.6. The normalized spacial score (nSPS) is 15.3. The highest BCUT2D eigenvalue weighted by molar-refractivity contribution is 5.95. The molecule has 2 atom stereocenters. The van der Waals surface area contributed by atoms with E-state index in [1.807, 2.05) is 71.6 Å². The Kier molecular flexibility index (Phi) is 7.50. The van der Waals surface area contributed by atoms with E-state index in [4.69, 9.17) is 4.74 Å². The van der Waals surface area contributed by atoms with Gasteiger partial charge in [-0.1, -0.05) is 60.2 Å². The SMILES string of the molecule is Cc1cccc([C@H]2c3cc(O[C@H](C)C(=O)NCc4ccccn4)ccc3CCN2C(=O)c2ccccc2)c1. The number of carbonyl (C=O) groups is 2. The van der Waals surface area contributed by atoms with Crippen molar-refractivity contribution in [2.75, 3.05) is 6.54 Å². The van der Waals surface area contributed by atoms with Crippen molar-refractivity contribution in [1.82, 2.24) is 15.2 Å². The Morgan fingerprint density at radius 2 is 1.82 bits per heavy atom. The van der Waals surface area contributed by atoms with Crippen LogP contribution in [-0.4, -0.2) is 34.3 Å². The van der Waals surface area contributed by atoms with Gasteiger partial charge in [-0.25, -0.2) is 0 Å². The third-order valence-electron chi connectivity index (χ3n) is 6.84. The summed E-state index contributed by atoms with van der Waals surface area (Å²) in [6.45, 7) is 4.74. The molecule has 192 valence electrons. The number of amides is 2. The summed E-state index contributed by atoms with van der Waals surface area (Å²) in [7, 11) is 0. The fourth-order valence-electron chi connectivity index (χ4n) is 4.91. The van der Waals surface area contributed by atoms with Crippen LogP contribution in [0.25, 0.3) is 0 Å². The fourth-order valence-corrected chi connectivity index (χ4v) is 4.91. The number of ether oxygens (including phenoxy) is 1. The van der Waals surface area contributed by atoms with Crippen LogP contribution in [0.15, 0.2) is 97.2 Å². The summed E-state index contributed by atoms with van der Waals surface area (Å²) in [5.74, 6) is 0.372. The number of hydrogen-bond acceptors (Lipinski definition) is 4. The number of aromatic nitrogens is 1. The minimum Gasteiger partial charge on any atom is -0.481 e. The molecule has 0 fully saturated rings. The quantitative estimate of drug-likeness (QED) is 0.372. The standard InChI is InChI=1S/C32H31N3O3/c1-22-9-8-12-26(19-22)30-29-20-28(38-23(2)31(36)34-21-27-13-6-7-17-33-27)15-14-24(29)16-18-35(30)32(37)25-10-4-3-5-11-25/h3-15,17,19-20,23,30H,16,18,21H2,1-2H3,(H,34,36)/t23-,30+/m1/s1. The molecule has 1 aromatic heterocycles. The van der Waals surface area contributed by atoms with Gasteiger partial charge in [-0.15, -0.1) is 0 Å². The van der Waals surface area contributed by atoms with Crippen LogP contribution in [-0.2, 0) is 17.8 Å². The highest BCUT2D eigenvalue weighted by Crippen LogP contribution is 2.38. The molecular weight excluding hydrogens is 474 g/mol. The zero-order valence-corrected chi connectivity index (χ0v) is 21.6. The van der Waals surface area contributed by atoms with E-state index in [9.17, 15) is 9.59 Å². The fraction of sp³-hybridized carbons (Fsp3) is 0.219. The van der Waals surface area contributed by atoms with Crippen molar-refractivity contribution in [3.63, 3.8) is 0 Å². The van der Waals surface area contributed by atoms with E-state index in [1.165, 1.54) is 5.56 Å². The van der Waals surface area contributed by atoms with Crippen molar-refractivity contribution in [2.24, 2.45) is 0 Å². The van der Waals surface area contributed by atoms with E-state index in [0.717, 1.165) is 28.8 Å². The molecule has 0 spiro atoms. The number of fused-ring (bicyclic) bond motifs is 1. The molecule has 2 heterocycles. The molecule has 6 nitrogen and oxygen atoms in total. The Balaban J connectivity index is 1.41. The lowest BCUT2D eigenvalue weighted by atomic mass is 9.87. The molecule has 0 unspecified atom stereocenters. The summed E-state index contributed by atoms with van der Waals surface area (Å²) in [5, 5.41) is 2.88. The highest BCUT2D eigenvalue weighted by atomic mass is 16.5. The molecule has 0 bridgehead atoms. The lowest BCUT2D eigenvalue weighted by Gasteiger charge is -2.38. The maximum absolute atomic E-state index is 13.7. The van der Waals surface area contributed by atoms with Crippen LogP contribution in [0.5, 0.6) is 5.75 Å². The van der Waals surface area contributed by atoms with Crippen LogP contribution in [0.3, 0.4) is 0 Å². The molecular formula is C32H31N3O3. The van der Waals surface area contributed by atoms with Gasteiger partial charge >= 0.3 is 0 Å². The van der Waals surface area contributed by atoms with E-state index in [0.29, 0.717) is 24.4 Å². The second-order valence-corrected chi connectivity index (χ2v) is 9.59. The molecule has 0 saturated heterocycles. The van der Waals surface area contributed by atoms with Crippen molar-refractivity contribution >= 4 is 11.8 Å². The third kappa shape index (κ3) is 5.59. The Morgan fingerprint density at radius 1 is 1.00 bits per heavy atom. The Labute approximate surface area is 223 Å². The number of carbonyl (C=O) groups excluding carboxylic acids is 2. The number of aryl methyl sites for hydroxylation is 1. The van der Waals surface area contributed by atoms with Crippen LogP contribution < -0.4 is 10.1 Å². The maximum atomic E-state index is 13.7. The first-order chi connectivity index (χ1) is 18.5. The van der Waals surface area contributed by atoms with Crippen molar-refractivity contribution in [3.05, 3.63) is 131 Å². The summed E-state index contributed by atoms with van der Waals surface area (Å²) in [6.07, 6.45) is 1.75. The van der Waals surface area contributed by atoms with Gasteiger partial charge in [0.05, 0.1) is 18.3 Å². The van der Waals surface area contributed by atoms with Crippen LogP contribution in [0.1, 0.15) is 51.3 Å². The molecule has 0 saturated carbocycles. The van der Waals surface area contributed by atoms with Crippen molar-refractivity contribution in [2.45, 2.75) is 39.0 Å². The van der Waals surface area contributed by atoms with Crippen LogP contribution >= 0.6 is 0 Å². The van der Waals surface area contributed by atoms with Gasteiger partial charge in [-0.05, 0) is 73.4 Å². The molecule has 38 heavy (non-hydrogen) atoms. The molecule has 0 aliphatic carbocycles. The lowest BCUT2D eigenvalue weighted by Crippen LogP contribution is -2.40.